The zero-order chi connectivity index (χ0) is 29.6. The fraction of sp³-hybridized carbons (Fsp3) is 0.719. The number of piperidine rings is 1. The van der Waals surface area contributed by atoms with Crippen LogP contribution in [0.4, 0.5) is 4.39 Å². The Morgan fingerprint density at radius 2 is 1.71 bits per heavy atom. The summed E-state index contributed by atoms with van der Waals surface area (Å²) >= 11 is 0. The number of rotatable bonds is 8. The van der Waals surface area contributed by atoms with Crippen molar-refractivity contribution in [1.29, 1.82) is 0 Å². The van der Waals surface area contributed by atoms with E-state index >= 15 is 0 Å². The lowest BCUT2D eigenvalue weighted by Gasteiger charge is -2.48. The largest absolute Gasteiger partial charge is 0.351 e. The molecule has 3 N–H and O–H groups in total. The molecular weight excluding hydrogens is 521 g/mol. The number of carbonyl (C=O) groups is 3. The Morgan fingerprint density at radius 1 is 1.05 bits per heavy atom. The molecule has 0 bridgehead atoms. The van der Waals surface area contributed by atoms with Crippen molar-refractivity contribution in [3.63, 3.8) is 0 Å². The van der Waals surface area contributed by atoms with E-state index in [1.807, 2.05) is 25.7 Å². The molecule has 9 heteroatoms. The summed E-state index contributed by atoms with van der Waals surface area (Å²) in [4.78, 5) is 45.2. The summed E-state index contributed by atoms with van der Waals surface area (Å²) in [5.74, 6) is -0.232. The van der Waals surface area contributed by atoms with E-state index in [0.29, 0.717) is 44.9 Å². The molecule has 1 aromatic carbocycles. The van der Waals surface area contributed by atoms with Gasteiger partial charge in [0.15, 0.2) is 0 Å². The van der Waals surface area contributed by atoms with Crippen LogP contribution in [0.3, 0.4) is 0 Å². The summed E-state index contributed by atoms with van der Waals surface area (Å²) in [6, 6.07) is 4.94. The highest BCUT2D eigenvalue weighted by atomic mass is 19.1. The summed E-state index contributed by atoms with van der Waals surface area (Å²) in [6.45, 7) is 12.1. The minimum atomic E-state index is -0.766. The van der Waals surface area contributed by atoms with Crippen LogP contribution >= 0.6 is 0 Å². The Morgan fingerprint density at radius 3 is 2.32 bits per heavy atom. The molecule has 1 saturated carbocycles. The predicted molar refractivity (Wildman–Crippen MR) is 159 cm³/mol. The SMILES string of the molecule is CCN1CCN[C@H](C(=O)N[C@H](Cc2ccc(F)cc2)C(=O)N2CCC(C(=O)NC(C)(C)C)(C3CCCCC3)CC2)C1. The number of nitrogens with one attached hydrogen (secondary N) is 3. The highest BCUT2D eigenvalue weighted by Gasteiger charge is 2.49. The van der Waals surface area contributed by atoms with Gasteiger partial charge in [0.1, 0.15) is 11.9 Å². The normalized spacial score (nSPS) is 23.0. The second-order valence-electron chi connectivity index (χ2n) is 13.3. The first-order valence-corrected chi connectivity index (χ1v) is 15.6. The molecule has 0 radical (unpaired) electrons. The topological polar surface area (TPSA) is 93.8 Å². The van der Waals surface area contributed by atoms with E-state index in [0.717, 1.165) is 44.3 Å². The van der Waals surface area contributed by atoms with Crippen molar-refractivity contribution in [3.8, 4) is 0 Å². The molecule has 0 spiro atoms. The minimum Gasteiger partial charge on any atom is -0.351 e. The van der Waals surface area contributed by atoms with Gasteiger partial charge in [-0.3, -0.25) is 14.4 Å². The molecule has 8 nitrogen and oxygen atoms in total. The third-order valence-electron chi connectivity index (χ3n) is 9.29. The molecule has 1 aromatic rings. The van der Waals surface area contributed by atoms with Crippen molar-refractivity contribution in [2.24, 2.45) is 11.3 Å². The van der Waals surface area contributed by atoms with E-state index in [2.05, 4.69) is 27.8 Å². The Bertz CT molecular complexity index is 1040. The molecule has 41 heavy (non-hydrogen) atoms. The lowest BCUT2D eigenvalue weighted by atomic mass is 9.63. The van der Waals surface area contributed by atoms with Gasteiger partial charge in [0.25, 0.3) is 0 Å². The summed E-state index contributed by atoms with van der Waals surface area (Å²) < 4.78 is 13.6. The molecule has 3 amide bonds. The third kappa shape index (κ3) is 8.07. The fourth-order valence-corrected chi connectivity index (χ4v) is 6.89. The van der Waals surface area contributed by atoms with Crippen molar-refractivity contribution in [1.82, 2.24) is 25.8 Å². The minimum absolute atomic E-state index is 0.115. The van der Waals surface area contributed by atoms with Gasteiger partial charge in [-0.25, -0.2) is 4.39 Å². The maximum atomic E-state index is 14.0. The molecule has 228 valence electrons. The first-order valence-electron chi connectivity index (χ1n) is 15.6. The number of halogens is 1. The molecule has 1 aliphatic carbocycles. The van der Waals surface area contributed by atoms with Crippen LogP contribution in [0.5, 0.6) is 0 Å². The van der Waals surface area contributed by atoms with Crippen LogP contribution in [0.25, 0.3) is 0 Å². The number of amides is 3. The van der Waals surface area contributed by atoms with Crippen molar-refractivity contribution in [2.75, 3.05) is 39.3 Å². The lowest BCUT2D eigenvalue weighted by molar-refractivity contribution is -0.147. The Kier molecular flexibility index (Phi) is 10.4. The smallest absolute Gasteiger partial charge is 0.245 e. The van der Waals surface area contributed by atoms with Gasteiger partial charge in [-0.15, -0.1) is 0 Å². The molecule has 3 aliphatic rings. The number of nitrogens with zero attached hydrogens (tertiary/aromatic N) is 2. The Balaban J connectivity index is 1.50. The van der Waals surface area contributed by atoms with Crippen molar-refractivity contribution < 1.29 is 18.8 Å². The number of carbonyl (C=O) groups excluding carboxylic acids is 3. The standard InChI is InChI=1S/C32H50FN5O3/c1-5-37-20-17-34-27(22-37)28(39)35-26(21-23-11-13-25(33)14-12-23)29(40)38-18-15-32(16-19-38,24-9-7-6-8-10-24)30(41)36-31(2,3)4/h11-14,24,26-27,34H,5-10,15-22H2,1-4H3,(H,35,39)(H,36,41)/t26-,27+/m1/s1. The van der Waals surface area contributed by atoms with Gasteiger partial charge in [0.2, 0.25) is 17.7 Å². The van der Waals surface area contributed by atoms with Gasteiger partial charge < -0.3 is 25.8 Å². The Labute approximate surface area is 245 Å². The van der Waals surface area contributed by atoms with E-state index in [-0.39, 0.29) is 35.5 Å². The number of likely N-dealkylation sites (tertiary alicyclic amines) is 1. The summed E-state index contributed by atoms with van der Waals surface area (Å²) in [7, 11) is 0. The first-order chi connectivity index (χ1) is 19.5. The van der Waals surface area contributed by atoms with Crippen molar-refractivity contribution >= 4 is 17.7 Å². The lowest BCUT2D eigenvalue weighted by Crippen LogP contribution is -2.61. The predicted octanol–water partition coefficient (Wildman–Crippen LogP) is 3.25. The molecular formula is C32H50FN5O3. The molecule has 0 aromatic heterocycles. The van der Waals surface area contributed by atoms with E-state index in [1.54, 1.807) is 12.1 Å². The van der Waals surface area contributed by atoms with E-state index in [4.69, 9.17) is 0 Å². The molecule has 2 saturated heterocycles. The van der Waals surface area contributed by atoms with E-state index in [9.17, 15) is 18.8 Å². The quantitative estimate of drug-likeness (QED) is 0.446. The van der Waals surface area contributed by atoms with Gasteiger partial charge in [-0.1, -0.05) is 38.3 Å². The van der Waals surface area contributed by atoms with Gasteiger partial charge >= 0.3 is 0 Å². The Hall–Kier alpha value is -2.52. The molecule has 2 heterocycles. The van der Waals surface area contributed by atoms with Crippen LogP contribution in [0.15, 0.2) is 24.3 Å². The third-order valence-corrected chi connectivity index (χ3v) is 9.29. The van der Waals surface area contributed by atoms with Gasteiger partial charge in [0.05, 0.1) is 11.5 Å². The van der Waals surface area contributed by atoms with Crippen LogP contribution < -0.4 is 16.0 Å². The van der Waals surface area contributed by atoms with Crippen LogP contribution in [-0.2, 0) is 20.8 Å². The fourth-order valence-electron chi connectivity index (χ4n) is 6.89. The number of benzene rings is 1. The highest BCUT2D eigenvalue weighted by Crippen LogP contribution is 2.46. The van der Waals surface area contributed by atoms with Crippen molar-refractivity contribution in [3.05, 3.63) is 35.6 Å². The second-order valence-corrected chi connectivity index (χ2v) is 13.3. The van der Waals surface area contributed by atoms with Crippen LogP contribution in [0, 0.1) is 17.2 Å². The van der Waals surface area contributed by atoms with Gasteiger partial charge in [-0.2, -0.15) is 0 Å². The molecule has 4 rings (SSSR count). The summed E-state index contributed by atoms with van der Waals surface area (Å²) in [6.07, 6.45) is 7.15. The maximum absolute atomic E-state index is 14.0. The monoisotopic (exact) mass is 571 g/mol. The number of likely N-dealkylation sites (N-methyl/N-ethyl adjacent to an activating group) is 1. The molecule has 3 fully saturated rings. The molecule has 2 atom stereocenters. The maximum Gasteiger partial charge on any atom is 0.245 e. The van der Waals surface area contributed by atoms with Crippen molar-refractivity contribution in [2.45, 2.75) is 96.7 Å². The van der Waals surface area contributed by atoms with Crippen LogP contribution in [0.2, 0.25) is 0 Å². The average Bonchev–Trinajstić information content (AvgIpc) is 2.97. The molecule has 2 aliphatic heterocycles. The molecule has 0 unspecified atom stereocenters. The van der Waals surface area contributed by atoms with E-state index in [1.165, 1.54) is 18.6 Å². The van der Waals surface area contributed by atoms with Gasteiger partial charge in [0, 0.05) is 44.7 Å². The average molecular weight is 572 g/mol. The van der Waals surface area contributed by atoms with Gasteiger partial charge in [-0.05, 0) is 76.6 Å². The van der Waals surface area contributed by atoms with Crippen LogP contribution in [0.1, 0.15) is 78.2 Å². The summed E-state index contributed by atoms with van der Waals surface area (Å²) in [5.41, 5.74) is -0.0121. The summed E-state index contributed by atoms with van der Waals surface area (Å²) in [5, 5.41) is 9.58. The number of hydrogen-bond acceptors (Lipinski definition) is 5. The van der Waals surface area contributed by atoms with Crippen LogP contribution in [-0.4, -0.2) is 84.4 Å². The van der Waals surface area contributed by atoms with E-state index < -0.39 is 17.5 Å². The highest BCUT2D eigenvalue weighted by molar-refractivity contribution is 5.90. The first kappa shape index (κ1) is 31.4. The number of piperazine rings is 1. The zero-order valence-corrected chi connectivity index (χ0v) is 25.4. The zero-order valence-electron chi connectivity index (χ0n) is 25.4. The number of hydrogen-bond donors (Lipinski definition) is 3. The second kappa shape index (κ2) is 13.6.